The van der Waals surface area contributed by atoms with Gasteiger partial charge in [0.1, 0.15) is 0 Å². The maximum absolute atomic E-state index is 11.3. The Hall–Kier alpha value is -0.570. The zero-order valence-corrected chi connectivity index (χ0v) is 11.4. The second-order valence-electron chi connectivity index (χ2n) is 6.58. The van der Waals surface area contributed by atoms with Gasteiger partial charge < -0.3 is 10.2 Å². The van der Waals surface area contributed by atoms with E-state index in [9.17, 15) is 9.90 Å². The Balaban J connectivity index is 0.000000209. The maximum Gasteiger partial charge on any atom is 0.309 e. The van der Waals surface area contributed by atoms with E-state index in [1.807, 2.05) is 0 Å². The van der Waals surface area contributed by atoms with Crippen molar-refractivity contribution in [1.82, 2.24) is 0 Å². The summed E-state index contributed by atoms with van der Waals surface area (Å²) in [5.41, 5.74) is -0.283. The molecule has 18 heavy (non-hydrogen) atoms. The number of aliphatic hydroxyl groups is 1. The van der Waals surface area contributed by atoms with Crippen LogP contribution < -0.4 is 0 Å². The minimum atomic E-state index is -0.508. The molecule has 0 aromatic heterocycles. The van der Waals surface area contributed by atoms with E-state index in [-0.39, 0.29) is 5.41 Å². The van der Waals surface area contributed by atoms with Crippen molar-refractivity contribution in [2.24, 2.45) is 23.2 Å². The van der Waals surface area contributed by atoms with E-state index in [0.717, 1.165) is 49.9 Å². The van der Waals surface area contributed by atoms with Crippen LogP contribution in [0.1, 0.15) is 58.3 Å². The Morgan fingerprint density at radius 2 is 1.56 bits per heavy atom. The van der Waals surface area contributed by atoms with Gasteiger partial charge in [0, 0.05) is 6.61 Å². The van der Waals surface area contributed by atoms with E-state index in [1.54, 1.807) is 0 Å². The lowest BCUT2D eigenvalue weighted by Crippen LogP contribution is -2.49. The number of aliphatic carboxylic acids is 1. The van der Waals surface area contributed by atoms with Gasteiger partial charge in [-0.05, 0) is 62.7 Å². The Morgan fingerprint density at radius 1 is 1.11 bits per heavy atom. The molecule has 2 N–H and O–H groups in total. The highest BCUT2D eigenvalue weighted by molar-refractivity contribution is 5.75. The third-order valence-corrected chi connectivity index (χ3v) is 5.00. The van der Waals surface area contributed by atoms with Crippen LogP contribution in [-0.4, -0.2) is 22.8 Å². The number of hydrogen-bond donors (Lipinski definition) is 2. The van der Waals surface area contributed by atoms with Gasteiger partial charge in [0.05, 0.1) is 5.41 Å². The summed E-state index contributed by atoms with van der Waals surface area (Å²) in [7, 11) is 0. The predicted molar refractivity (Wildman–Crippen MR) is 70.2 cm³/mol. The molecule has 4 rings (SSSR count). The van der Waals surface area contributed by atoms with Gasteiger partial charge >= 0.3 is 5.97 Å². The lowest BCUT2D eigenvalue weighted by Gasteiger charge is -2.54. The molecule has 0 atom stereocenters. The van der Waals surface area contributed by atoms with Crippen molar-refractivity contribution in [3.8, 4) is 0 Å². The average Bonchev–Trinajstić information content (AvgIpc) is 2.28. The van der Waals surface area contributed by atoms with Crippen molar-refractivity contribution < 1.29 is 15.0 Å². The van der Waals surface area contributed by atoms with Crippen LogP contribution in [0.5, 0.6) is 0 Å². The zero-order chi connectivity index (χ0) is 13.2. The first-order valence-electron chi connectivity index (χ1n) is 7.44. The first-order valence-corrected chi connectivity index (χ1v) is 7.44. The van der Waals surface area contributed by atoms with Crippen LogP contribution in [0, 0.1) is 23.2 Å². The second-order valence-corrected chi connectivity index (χ2v) is 6.58. The molecule has 4 bridgehead atoms. The Bertz CT molecular complexity index is 261. The summed E-state index contributed by atoms with van der Waals surface area (Å²) in [4.78, 5) is 11.3. The highest BCUT2D eigenvalue weighted by Crippen LogP contribution is 2.59. The fourth-order valence-electron chi connectivity index (χ4n) is 4.53. The van der Waals surface area contributed by atoms with E-state index in [0.29, 0.717) is 6.61 Å². The van der Waals surface area contributed by atoms with Gasteiger partial charge in [-0.3, -0.25) is 4.79 Å². The van der Waals surface area contributed by atoms with Crippen LogP contribution >= 0.6 is 0 Å². The molecule has 0 aliphatic heterocycles. The van der Waals surface area contributed by atoms with E-state index in [1.165, 1.54) is 19.3 Å². The monoisotopic (exact) mass is 254 g/mol. The first kappa shape index (κ1) is 13.9. The molecular weight excluding hydrogens is 228 g/mol. The van der Waals surface area contributed by atoms with Gasteiger partial charge in [0.2, 0.25) is 0 Å². The minimum Gasteiger partial charge on any atom is -0.481 e. The minimum absolute atomic E-state index is 0.283. The normalized spacial score (nSPS) is 40.2. The summed E-state index contributed by atoms with van der Waals surface area (Å²) >= 11 is 0. The van der Waals surface area contributed by atoms with Crippen molar-refractivity contribution in [1.29, 1.82) is 0 Å². The van der Waals surface area contributed by atoms with Crippen LogP contribution in [0.4, 0.5) is 0 Å². The predicted octanol–water partition coefficient (Wildman–Crippen LogP) is 3.07. The summed E-state index contributed by atoms with van der Waals surface area (Å²) in [6, 6.07) is 0. The van der Waals surface area contributed by atoms with E-state index >= 15 is 0 Å². The van der Waals surface area contributed by atoms with Gasteiger partial charge in [0.15, 0.2) is 0 Å². The van der Waals surface area contributed by atoms with Crippen molar-refractivity contribution in [3.63, 3.8) is 0 Å². The van der Waals surface area contributed by atoms with E-state index in [4.69, 9.17) is 5.11 Å². The fourth-order valence-corrected chi connectivity index (χ4v) is 4.53. The Kier molecular flexibility index (Phi) is 4.31. The molecule has 4 aliphatic carbocycles. The summed E-state index contributed by atoms with van der Waals surface area (Å²) in [5, 5.41) is 17.3. The van der Waals surface area contributed by atoms with Crippen molar-refractivity contribution >= 4 is 5.97 Å². The van der Waals surface area contributed by atoms with Crippen LogP contribution in [0.15, 0.2) is 0 Å². The molecule has 104 valence electrons. The van der Waals surface area contributed by atoms with Gasteiger partial charge in [-0.2, -0.15) is 0 Å². The third-order valence-electron chi connectivity index (χ3n) is 5.00. The van der Waals surface area contributed by atoms with Crippen molar-refractivity contribution in [2.75, 3.05) is 6.61 Å². The number of aliphatic hydroxyl groups excluding tert-OH is 1. The Labute approximate surface area is 110 Å². The average molecular weight is 254 g/mol. The third kappa shape index (κ3) is 2.71. The highest BCUT2D eigenvalue weighted by Gasteiger charge is 2.54. The molecule has 3 nitrogen and oxygen atoms in total. The molecule has 0 heterocycles. The topological polar surface area (TPSA) is 57.5 Å². The van der Waals surface area contributed by atoms with Gasteiger partial charge in [-0.1, -0.05) is 13.3 Å². The fraction of sp³-hybridized carbons (Fsp3) is 0.933. The highest BCUT2D eigenvalue weighted by atomic mass is 16.4. The molecule has 0 amide bonds. The molecule has 0 saturated heterocycles. The van der Waals surface area contributed by atoms with Gasteiger partial charge in [-0.15, -0.1) is 0 Å². The van der Waals surface area contributed by atoms with E-state index in [2.05, 4.69) is 6.92 Å². The number of carboxylic acid groups (broad SMARTS) is 1. The summed E-state index contributed by atoms with van der Waals surface area (Å²) in [6.45, 7) is 2.40. The van der Waals surface area contributed by atoms with Gasteiger partial charge in [0.25, 0.3) is 0 Å². The molecule has 4 saturated carbocycles. The largest absolute Gasteiger partial charge is 0.481 e. The maximum atomic E-state index is 11.3. The van der Waals surface area contributed by atoms with Crippen LogP contribution in [0.3, 0.4) is 0 Å². The molecule has 0 aromatic carbocycles. The SMILES string of the molecule is CCCCO.O=C(O)C12CC3CC(CC(C3)C1)C2. The van der Waals surface area contributed by atoms with Crippen LogP contribution in [0.25, 0.3) is 0 Å². The quantitative estimate of drug-likeness (QED) is 0.813. The molecule has 0 spiro atoms. The standard InChI is InChI=1S/C11H16O2.C4H10O/c12-10(13)11-4-7-1-8(5-11)3-9(2-7)6-11;1-2-3-4-5/h7-9H,1-6H2,(H,12,13);5H,2-4H2,1H3. The molecule has 0 unspecified atom stereocenters. The molecule has 0 aromatic rings. The summed E-state index contributed by atoms with van der Waals surface area (Å²) < 4.78 is 0. The van der Waals surface area contributed by atoms with Crippen LogP contribution in [-0.2, 0) is 4.79 Å². The first-order chi connectivity index (χ1) is 8.59. The number of carbonyl (C=O) groups is 1. The number of rotatable bonds is 3. The zero-order valence-electron chi connectivity index (χ0n) is 11.4. The lowest BCUT2D eigenvalue weighted by atomic mass is 9.49. The lowest BCUT2D eigenvalue weighted by molar-refractivity contribution is -0.164. The molecule has 4 fully saturated rings. The second kappa shape index (κ2) is 5.60. The van der Waals surface area contributed by atoms with E-state index < -0.39 is 5.97 Å². The Morgan fingerprint density at radius 3 is 1.78 bits per heavy atom. The summed E-state index contributed by atoms with van der Waals surface area (Å²) in [6.07, 6.45) is 8.96. The van der Waals surface area contributed by atoms with Crippen LogP contribution in [0.2, 0.25) is 0 Å². The number of unbranched alkanes of at least 4 members (excludes halogenated alkanes) is 1. The molecule has 3 heteroatoms. The van der Waals surface area contributed by atoms with Crippen molar-refractivity contribution in [3.05, 3.63) is 0 Å². The smallest absolute Gasteiger partial charge is 0.309 e. The summed E-state index contributed by atoms with van der Waals surface area (Å²) in [5.74, 6) is 1.75. The molecular formula is C15H26O3. The number of hydrogen-bond acceptors (Lipinski definition) is 2. The molecule has 0 radical (unpaired) electrons. The molecule has 4 aliphatic rings. The van der Waals surface area contributed by atoms with Gasteiger partial charge in [-0.25, -0.2) is 0 Å². The number of carboxylic acids is 1. The van der Waals surface area contributed by atoms with Crippen molar-refractivity contribution in [2.45, 2.75) is 58.3 Å².